The van der Waals surface area contributed by atoms with Crippen LogP contribution in [0.25, 0.3) is 0 Å². The van der Waals surface area contributed by atoms with Crippen molar-refractivity contribution in [2.45, 2.75) is 19.3 Å². The summed E-state index contributed by atoms with van der Waals surface area (Å²) in [5, 5.41) is 3.09. The molecule has 5 nitrogen and oxygen atoms in total. The van der Waals surface area contributed by atoms with Gasteiger partial charge in [0.15, 0.2) is 6.54 Å². The lowest BCUT2D eigenvalue weighted by molar-refractivity contribution is -0.892. The third-order valence-electron chi connectivity index (χ3n) is 5.70. The minimum Gasteiger partial charge on any atom is -0.497 e. The van der Waals surface area contributed by atoms with E-state index >= 15 is 0 Å². The van der Waals surface area contributed by atoms with Crippen LogP contribution in [0, 0.1) is 0 Å². The number of amides is 1. The van der Waals surface area contributed by atoms with Crippen LogP contribution in [0.2, 0.25) is 0 Å². The summed E-state index contributed by atoms with van der Waals surface area (Å²) in [6, 6.07) is 14.6. The van der Waals surface area contributed by atoms with Gasteiger partial charge < -0.3 is 19.9 Å². The summed E-state index contributed by atoms with van der Waals surface area (Å²) in [7, 11) is 1.69. The van der Waals surface area contributed by atoms with Crippen molar-refractivity contribution in [2.75, 3.05) is 50.1 Å². The second kappa shape index (κ2) is 8.01. The second-order valence-electron chi connectivity index (χ2n) is 7.50. The van der Waals surface area contributed by atoms with Crippen LogP contribution in [-0.4, -0.2) is 45.7 Å². The Morgan fingerprint density at radius 2 is 1.81 bits per heavy atom. The fraction of sp³-hybridized carbons (Fsp3) is 0.409. The topological polar surface area (TPSA) is 46.0 Å². The summed E-state index contributed by atoms with van der Waals surface area (Å²) < 4.78 is 5.22. The van der Waals surface area contributed by atoms with Crippen molar-refractivity contribution in [3.63, 3.8) is 0 Å². The summed E-state index contributed by atoms with van der Waals surface area (Å²) in [6.45, 7) is 4.42. The van der Waals surface area contributed by atoms with E-state index in [-0.39, 0.29) is 5.91 Å². The monoisotopic (exact) mass is 366 g/mol. The number of nitrogens with one attached hydrogen (secondary N) is 2. The third-order valence-corrected chi connectivity index (χ3v) is 5.70. The zero-order valence-corrected chi connectivity index (χ0v) is 16.0. The number of piperazine rings is 1. The average molecular weight is 366 g/mol. The van der Waals surface area contributed by atoms with E-state index in [9.17, 15) is 4.79 Å². The Morgan fingerprint density at radius 1 is 1.07 bits per heavy atom. The number of carbonyl (C=O) groups is 1. The molecule has 2 N–H and O–H groups in total. The molecule has 1 aliphatic heterocycles. The molecule has 27 heavy (non-hydrogen) atoms. The maximum Gasteiger partial charge on any atom is 0.279 e. The van der Waals surface area contributed by atoms with Crippen LogP contribution in [0.4, 0.5) is 11.4 Å². The van der Waals surface area contributed by atoms with E-state index in [1.807, 2.05) is 18.2 Å². The van der Waals surface area contributed by atoms with E-state index in [4.69, 9.17) is 4.74 Å². The highest BCUT2D eigenvalue weighted by molar-refractivity contribution is 5.91. The molecular weight excluding hydrogens is 338 g/mol. The summed E-state index contributed by atoms with van der Waals surface area (Å²) >= 11 is 0. The smallest absolute Gasteiger partial charge is 0.279 e. The van der Waals surface area contributed by atoms with Gasteiger partial charge in [0, 0.05) is 11.4 Å². The Labute approximate surface area is 160 Å². The molecule has 0 unspecified atom stereocenters. The normalized spacial score (nSPS) is 16.9. The summed E-state index contributed by atoms with van der Waals surface area (Å²) in [6.07, 6.45) is 3.54. The molecule has 0 atom stereocenters. The van der Waals surface area contributed by atoms with Gasteiger partial charge >= 0.3 is 0 Å². The maximum atomic E-state index is 12.4. The van der Waals surface area contributed by atoms with E-state index in [2.05, 4.69) is 34.5 Å². The Balaban J connectivity index is 1.26. The molecule has 1 fully saturated rings. The molecule has 1 amide bonds. The van der Waals surface area contributed by atoms with Gasteiger partial charge in [-0.1, -0.05) is 6.07 Å². The number of quaternary nitrogens is 1. The number of carbonyl (C=O) groups excluding carboxylic acids is 1. The lowest BCUT2D eigenvalue weighted by Gasteiger charge is -2.33. The first-order chi connectivity index (χ1) is 13.2. The van der Waals surface area contributed by atoms with E-state index in [0.29, 0.717) is 6.54 Å². The van der Waals surface area contributed by atoms with Crippen molar-refractivity contribution in [2.24, 2.45) is 0 Å². The third kappa shape index (κ3) is 4.25. The van der Waals surface area contributed by atoms with Crippen molar-refractivity contribution in [1.29, 1.82) is 0 Å². The van der Waals surface area contributed by atoms with Gasteiger partial charge in [-0.25, -0.2) is 0 Å². The maximum absolute atomic E-state index is 12.4. The number of ether oxygens (including phenoxy) is 1. The average Bonchev–Trinajstić information content (AvgIpc) is 3.16. The molecule has 1 heterocycles. The SMILES string of the molecule is COc1ccc(N2CC[NH+](CC(=O)Nc3ccc4c(c3)CCC4)CC2)cc1. The number of hydrogen-bond donors (Lipinski definition) is 2. The highest BCUT2D eigenvalue weighted by atomic mass is 16.5. The first kappa shape index (κ1) is 17.9. The molecule has 1 saturated heterocycles. The molecule has 0 saturated carbocycles. The zero-order valence-electron chi connectivity index (χ0n) is 16.0. The first-order valence-corrected chi connectivity index (χ1v) is 9.85. The highest BCUT2D eigenvalue weighted by Gasteiger charge is 2.22. The van der Waals surface area contributed by atoms with Crippen molar-refractivity contribution in [1.82, 2.24) is 0 Å². The Bertz CT molecular complexity index is 796. The highest BCUT2D eigenvalue weighted by Crippen LogP contribution is 2.24. The van der Waals surface area contributed by atoms with Crippen molar-refractivity contribution in [3.05, 3.63) is 53.6 Å². The molecule has 5 heteroatoms. The molecule has 2 aromatic rings. The van der Waals surface area contributed by atoms with Crippen LogP contribution >= 0.6 is 0 Å². The number of rotatable bonds is 5. The quantitative estimate of drug-likeness (QED) is 0.844. The van der Waals surface area contributed by atoms with Gasteiger partial charge in [-0.2, -0.15) is 0 Å². The van der Waals surface area contributed by atoms with Gasteiger partial charge in [0.05, 0.1) is 33.3 Å². The van der Waals surface area contributed by atoms with Gasteiger partial charge in [-0.05, 0) is 66.8 Å². The minimum absolute atomic E-state index is 0.112. The molecule has 1 aliphatic carbocycles. The lowest BCUT2D eigenvalue weighted by Crippen LogP contribution is -3.15. The van der Waals surface area contributed by atoms with E-state index in [0.717, 1.165) is 44.0 Å². The van der Waals surface area contributed by atoms with E-state index in [1.54, 1.807) is 7.11 Å². The number of aryl methyl sites for hydroxylation is 2. The Morgan fingerprint density at radius 3 is 2.56 bits per heavy atom. The summed E-state index contributed by atoms with van der Waals surface area (Å²) in [5.74, 6) is 0.993. The number of methoxy groups -OCH3 is 1. The van der Waals surface area contributed by atoms with Gasteiger partial charge in [0.25, 0.3) is 5.91 Å². The van der Waals surface area contributed by atoms with E-state index in [1.165, 1.54) is 34.6 Å². The van der Waals surface area contributed by atoms with E-state index < -0.39 is 0 Å². The molecule has 0 spiro atoms. The number of fused-ring (bicyclic) bond motifs is 1. The molecule has 2 aromatic carbocycles. The molecule has 142 valence electrons. The molecule has 2 aliphatic rings. The van der Waals surface area contributed by atoms with Crippen molar-refractivity contribution in [3.8, 4) is 5.75 Å². The Kier molecular flexibility index (Phi) is 5.30. The van der Waals surface area contributed by atoms with Gasteiger partial charge in [0.2, 0.25) is 0 Å². The van der Waals surface area contributed by atoms with Gasteiger partial charge in [-0.3, -0.25) is 4.79 Å². The van der Waals surface area contributed by atoms with Gasteiger partial charge in [-0.15, -0.1) is 0 Å². The summed E-state index contributed by atoms with van der Waals surface area (Å²) in [4.78, 5) is 16.2. The minimum atomic E-state index is 0.112. The fourth-order valence-corrected chi connectivity index (χ4v) is 4.13. The number of nitrogens with zero attached hydrogens (tertiary/aromatic N) is 1. The van der Waals surface area contributed by atoms with Crippen molar-refractivity contribution >= 4 is 17.3 Å². The van der Waals surface area contributed by atoms with Crippen LogP contribution in [-0.2, 0) is 17.6 Å². The van der Waals surface area contributed by atoms with Crippen LogP contribution in [0.3, 0.4) is 0 Å². The van der Waals surface area contributed by atoms with Crippen LogP contribution in [0.1, 0.15) is 17.5 Å². The van der Waals surface area contributed by atoms with Crippen LogP contribution in [0.5, 0.6) is 5.75 Å². The van der Waals surface area contributed by atoms with Crippen molar-refractivity contribution < 1.29 is 14.4 Å². The number of anilines is 2. The van der Waals surface area contributed by atoms with Crippen LogP contribution in [0.15, 0.2) is 42.5 Å². The molecule has 0 bridgehead atoms. The lowest BCUT2D eigenvalue weighted by atomic mass is 10.1. The predicted molar refractivity (Wildman–Crippen MR) is 108 cm³/mol. The zero-order chi connectivity index (χ0) is 18.6. The molecule has 4 rings (SSSR count). The largest absolute Gasteiger partial charge is 0.497 e. The number of benzene rings is 2. The Hall–Kier alpha value is -2.53. The van der Waals surface area contributed by atoms with Crippen LogP contribution < -0.4 is 19.9 Å². The fourth-order valence-electron chi connectivity index (χ4n) is 4.13. The second-order valence-corrected chi connectivity index (χ2v) is 7.50. The standard InChI is InChI=1S/C22H27N3O2/c1-27-21-9-7-20(8-10-21)25-13-11-24(12-14-25)16-22(26)23-19-6-5-17-3-2-4-18(17)15-19/h5-10,15H,2-4,11-14,16H2,1H3,(H,23,26)/p+1. The first-order valence-electron chi connectivity index (χ1n) is 9.85. The molecule has 0 aromatic heterocycles. The predicted octanol–water partition coefficient (Wildman–Crippen LogP) is 1.53. The summed E-state index contributed by atoms with van der Waals surface area (Å²) in [5.41, 5.74) is 5.00. The van der Waals surface area contributed by atoms with Gasteiger partial charge in [0.1, 0.15) is 5.75 Å². The molecular formula is C22H28N3O2+. The molecule has 0 radical (unpaired) electrons. The number of hydrogen-bond acceptors (Lipinski definition) is 3.